The fourth-order valence-electron chi connectivity index (χ4n) is 0.739. The predicted octanol–water partition coefficient (Wildman–Crippen LogP) is 0.910. The summed E-state index contributed by atoms with van der Waals surface area (Å²) in [6, 6.07) is 0. The van der Waals surface area contributed by atoms with Gasteiger partial charge in [0.2, 0.25) is 0 Å². The Hall–Kier alpha value is -0.680. The number of ether oxygens (including phenoxy) is 1. The Morgan fingerprint density at radius 1 is 1.47 bits per heavy atom. The molecule has 1 atom stereocenters. The topological polar surface area (TPSA) is 82.1 Å². The van der Waals surface area contributed by atoms with Crippen molar-refractivity contribution in [1.29, 1.82) is 0 Å². The Morgan fingerprint density at radius 2 is 2.00 bits per heavy atom. The second kappa shape index (κ2) is 6.74. The fraction of sp³-hybridized carbons (Fsp3) is 0.625. The summed E-state index contributed by atoms with van der Waals surface area (Å²) in [6.45, 7) is 1.26. The lowest BCUT2D eigenvalue weighted by Gasteiger charge is -2.16. The molecule has 15 heavy (non-hydrogen) atoms. The van der Waals surface area contributed by atoms with Crippen LogP contribution >= 0.6 is 7.60 Å². The molecule has 0 spiro atoms. The number of aliphatic hydroxyl groups is 1. The second-order valence-corrected chi connectivity index (χ2v) is 4.89. The van der Waals surface area contributed by atoms with E-state index in [1.807, 2.05) is 0 Å². The smallest absolute Gasteiger partial charge is 0.362 e. The molecule has 0 aliphatic heterocycles. The van der Waals surface area contributed by atoms with E-state index in [0.717, 1.165) is 0 Å². The molecule has 1 N–H and O–H groups in total. The summed E-state index contributed by atoms with van der Waals surface area (Å²) in [5, 5.41) is 9.39. The lowest BCUT2D eigenvalue weighted by Crippen LogP contribution is -2.07. The van der Waals surface area contributed by atoms with Crippen molar-refractivity contribution in [3.63, 3.8) is 0 Å². The highest BCUT2D eigenvalue weighted by atomic mass is 31.2. The average Bonchev–Trinajstić information content (AvgIpc) is 2.22. The molecule has 0 aromatic heterocycles. The molecule has 0 aromatic rings. The molecule has 0 saturated heterocycles. The Balaban J connectivity index is 4.17. The maximum absolute atomic E-state index is 11.5. The SMILES string of the molecule is COP(=O)(OC)C(O)/C=C/COC(C)=O. The van der Waals surface area contributed by atoms with E-state index in [-0.39, 0.29) is 6.61 Å². The first-order valence-corrected chi connectivity index (χ1v) is 5.76. The zero-order chi connectivity index (χ0) is 11.9. The molecule has 0 aromatic carbocycles. The van der Waals surface area contributed by atoms with Crippen molar-refractivity contribution in [2.45, 2.75) is 12.8 Å². The highest BCUT2D eigenvalue weighted by Gasteiger charge is 2.29. The molecule has 0 rings (SSSR count). The first kappa shape index (κ1) is 14.3. The van der Waals surface area contributed by atoms with Crippen molar-refractivity contribution in [3.05, 3.63) is 12.2 Å². The minimum atomic E-state index is -3.51. The van der Waals surface area contributed by atoms with Crippen LogP contribution in [0.3, 0.4) is 0 Å². The quantitative estimate of drug-likeness (QED) is 0.420. The highest BCUT2D eigenvalue weighted by Crippen LogP contribution is 2.50. The molecule has 1 unspecified atom stereocenters. The van der Waals surface area contributed by atoms with E-state index < -0.39 is 19.4 Å². The van der Waals surface area contributed by atoms with E-state index >= 15 is 0 Å². The van der Waals surface area contributed by atoms with Gasteiger partial charge in [-0.1, -0.05) is 0 Å². The van der Waals surface area contributed by atoms with E-state index in [1.54, 1.807) is 0 Å². The van der Waals surface area contributed by atoms with Crippen LogP contribution in [0.25, 0.3) is 0 Å². The molecule has 0 aliphatic carbocycles. The zero-order valence-electron chi connectivity index (χ0n) is 8.87. The van der Waals surface area contributed by atoms with Gasteiger partial charge in [0.05, 0.1) is 0 Å². The maximum Gasteiger partial charge on any atom is 0.362 e. The van der Waals surface area contributed by atoms with Crippen LogP contribution in [0.15, 0.2) is 12.2 Å². The molecule has 6 nitrogen and oxygen atoms in total. The van der Waals surface area contributed by atoms with Crippen molar-refractivity contribution in [3.8, 4) is 0 Å². The molecular formula is C8H15O6P. The normalized spacial score (nSPS) is 14.1. The summed E-state index contributed by atoms with van der Waals surface area (Å²) in [7, 11) is -1.16. The van der Waals surface area contributed by atoms with E-state index in [0.29, 0.717) is 0 Å². The van der Waals surface area contributed by atoms with Crippen molar-refractivity contribution < 1.29 is 28.3 Å². The molecule has 0 bridgehead atoms. The Bertz CT molecular complexity index is 266. The van der Waals surface area contributed by atoms with Gasteiger partial charge in [0, 0.05) is 21.1 Å². The van der Waals surface area contributed by atoms with Gasteiger partial charge in [-0.15, -0.1) is 0 Å². The van der Waals surface area contributed by atoms with Crippen LogP contribution in [0.2, 0.25) is 0 Å². The summed E-state index contributed by atoms with van der Waals surface area (Å²) >= 11 is 0. The van der Waals surface area contributed by atoms with Gasteiger partial charge in [0.25, 0.3) is 0 Å². The van der Waals surface area contributed by atoms with Crippen molar-refractivity contribution >= 4 is 13.6 Å². The molecule has 88 valence electrons. The monoisotopic (exact) mass is 238 g/mol. The van der Waals surface area contributed by atoms with Crippen molar-refractivity contribution in [2.75, 3.05) is 20.8 Å². The molecule has 0 radical (unpaired) electrons. The maximum atomic E-state index is 11.5. The first-order chi connectivity index (χ1) is 6.96. The summed E-state index contributed by atoms with van der Waals surface area (Å²) in [5.74, 6) is -1.81. The predicted molar refractivity (Wildman–Crippen MR) is 53.4 cm³/mol. The second-order valence-electron chi connectivity index (χ2n) is 2.55. The number of aliphatic hydroxyl groups excluding tert-OH is 1. The first-order valence-electron chi connectivity index (χ1n) is 4.15. The van der Waals surface area contributed by atoms with Crippen LogP contribution in [-0.4, -0.2) is 37.7 Å². The number of hydrogen-bond acceptors (Lipinski definition) is 6. The minimum Gasteiger partial charge on any atom is -0.462 e. The van der Waals surface area contributed by atoms with Gasteiger partial charge in [-0.3, -0.25) is 9.36 Å². The van der Waals surface area contributed by atoms with Crippen LogP contribution in [0.5, 0.6) is 0 Å². The molecule has 0 aliphatic rings. The largest absolute Gasteiger partial charge is 0.462 e. The number of hydrogen-bond donors (Lipinski definition) is 1. The van der Waals surface area contributed by atoms with Crippen LogP contribution in [0, 0.1) is 0 Å². The molecular weight excluding hydrogens is 223 g/mol. The molecule has 0 saturated carbocycles. The zero-order valence-corrected chi connectivity index (χ0v) is 9.77. The number of carbonyl (C=O) groups is 1. The third-order valence-corrected chi connectivity index (χ3v) is 3.36. The van der Waals surface area contributed by atoms with E-state index in [1.165, 1.54) is 33.3 Å². The number of esters is 1. The lowest BCUT2D eigenvalue weighted by molar-refractivity contribution is -0.139. The molecule has 0 amide bonds. The van der Waals surface area contributed by atoms with Crippen LogP contribution in [0.1, 0.15) is 6.92 Å². The fourth-order valence-corrected chi connectivity index (χ4v) is 1.65. The molecule has 0 heterocycles. The van der Waals surface area contributed by atoms with Gasteiger partial charge in [-0.2, -0.15) is 0 Å². The van der Waals surface area contributed by atoms with E-state index in [4.69, 9.17) is 0 Å². The molecule has 0 fully saturated rings. The van der Waals surface area contributed by atoms with Gasteiger partial charge in [0.1, 0.15) is 6.61 Å². The lowest BCUT2D eigenvalue weighted by atomic mass is 10.5. The van der Waals surface area contributed by atoms with Crippen LogP contribution < -0.4 is 0 Å². The van der Waals surface area contributed by atoms with Crippen molar-refractivity contribution in [2.24, 2.45) is 0 Å². The minimum absolute atomic E-state index is 0.000177. The molecule has 7 heteroatoms. The van der Waals surface area contributed by atoms with Crippen molar-refractivity contribution in [1.82, 2.24) is 0 Å². The Morgan fingerprint density at radius 3 is 2.40 bits per heavy atom. The van der Waals surface area contributed by atoms with Gasteiger partial charge < -0.3 is 18.9 Å². The number of carbonyl (C=O) groups excluding carboxylic acids is 1. The number of rotatable bonds is 6. The van der Waals surface area contributed by atoms with E-state index in [9.17, 15) is 14.5 Å². The van der Waals surface area contributed by atoms with Gasteiger partial charge in [-0.05, 0) is 12.2 Å². The van der Waals surface area contributed by atoms with Gasteiger partial charge in [-0.25, -0.2) is 0 Å². The Labute approximate surface area is 88.4 Å². The average molecular weight is 238 g/mol. The van der Waals surface area contributed by atoms with Gasteiger partial charge in [0.15, 0.2) is 5.85 Å². The summed E-state index contributed by atoms with van der Waals surface area (Å²) in [5.41, 5.74) is 0. The van der Waals surface area contributed by atoms with Gasteiger partial charge >= 0.3 is 13.6 Å². The Kier molecular flexibility index (Phi) is 6.43. The third kappa shape index (κ3) is 5.09. The van der Waals surface area contributed by atoms with Crippen LogP contribution in [0.4, 0.5) is 0 Å². The summed E-state index contributed by atoms with van der Waals surface area (Å²) < 4.78 is 25.2. The standard InChI is InChI=1S/C8H15O6P/c1-7(9)14-6-4-5-8(10)15(11,12-2)13-3/h4-5,8,10H,6H2,1-3H3/b5-4+. The highest BCUT2D eigenvalue weighted by molar-refractivity contribution is 7.54. The van der Waals surface area contributed by atoms with Crippen LogP contribution in [-0.2, 0) is 23.1 Å². The third-order valence-electron chi connectivity index (χ3n) is 1.52. The summed E-state index contributed by atoms with van der Waals surface area (Å²) in [6.07, 6.45) is 2.55. The summed E-state index contributed by atoms with van der Waals surface area (Å²) in [4.78, 5) is 10.4. The van der Waals surface area contributed by atoms with E-state index in [2.05, 4.69) is 13.8 Å².